The van der Waals surface area contributed by atoms with Gasteiger partial charge in [-0.05, 0) is 97.1 Å². The molecule has 0 fully saturated rings. The smallest absolute Gasteiger partial charge is 0.330 e. The van der Waals surface area contributed by atoms with Gasteiger partial charge in [-0.25, -0.2) is 9.59 Å². The largest absolute Gasteiger partial charge is 0.490 e. The molecule has 0 radical (unpaired) electrons. The number of hydrogen-bond donors (Lipinski definition) is 0. The molecular formula is C35H30N2O6S. The van der Waals surface area contributed by atoms with E-state index in [1.165, 1.54) is 0 Å². The minimum Gasteiger partial charge on any atom is -0.490 e. The third kappa shape index (κ3) is 9.28. The number of esters is 2. The van der Waals surface area contributed by atoms with Crippen LogP contribution in [0.4, 0.5) is 17.1 Å². The van der Waals surface area contributed by atoms with Crippen LogP contribution in [0.15, 0.2) is 132 Å². The molecule has 0 heterocycles. The fourth-order valence-electron chi connectivity index (χ4n) is 3.95. The Bertz CT molecular complexity index is 1520. The highest BCUT2D eigenvalue weighted by atomic mass is 32.2. The molecular weight excluding hydrogens is 576 g/mol. The molecule has 0 amide bonds. The van der Waals surface area contributed by atoms with Crippen molar-refractivity contribution >= 4 is 40.8 Å². The predicted octanol–water partition coefficient (Wildman–Crippen LogP) is 7.40. The van der Waals surface area contributed by atoms with Crippen molar-refractivity contribution in [2.45, 2.75) is 9.79 Å². The number of carbonyl (C=O) groups excluding carboxylic acids is 2. The summed E-state index contributed by atoms with van der Waals surface area (Å²) < 4.78 is 21.4. The number of ether oxygens (including phenoxy) is 4. The van der Waals surface area contributed by atoms with Crippen LogP contribution in [0.1, 0.15) is 5.56 Å². The lowest BCUT2D eigenvalue weighted by atomic mass is 10.2. The molecule has 0 bridgehead atoms. The maximum Gasteiger partial charge on any atom is 0.330 e. The number of rotatable bonds is 15. The summed E-state index contributed by atoms with van der Waals surface area (Å²) in [6.07, 6.45) is 2.22. The summed E-state index contributed by atoms with van der Waals surface area (Å²) in [4.78, 5) is 26.7. The summed E-state index contributed by atoms with van der Waals surface area (Å²) in [6.45, 7) is 7.43. The van der Waals surface area contributed by atoms with Crippen LogP contribution < -0.4 is 14.4 Å². The third-order valence-electron chi connectivity index (χ3n) is 6.03. The Labute approximate surface area is 260 Å². The first-order chi connectivity index (χ1) is 21.5. The van der Waals surface area contributed by atoms with Crippen molar-refractivity contribution in [3.63, 3.8) is 0 Å². The van der Waals surface area contributed by atoms with Gasteiger partial charge in [0, 0.05) is 39.0 Å². The van der Waals surface area contributed by atoms with E-state index in [1.54, 1.807) is 23.9 Å². The second kappa shape index (κ2) is 16.2. The molecule has 9 heteroatoms. The summed E-state index contributed by atoms with van der Waals surface area (Å²) in [5, 5.41) is 9.06. The number of carbonyl (C=O) groups is 2. The first-order valence-corrected chi connectivity index (χ1v) is 14.4. The fourth-order valence-corrected chi connectivity index (χ4v) is 4.76. The van der Waals surface area contributed by atoms with E-state index in [4.69, 9.17) is 24.2 Å². The average molecular weight is 607 g/mol. The van der Waals surface area contributed by atoms with E-state index in [2.05, 4.69) is 36.3 Å². The second-order valence-electron chi connectivity index (χ2n) is 9.00. The first kappa shape index (κ1) is 31.5. The van der Waals surface area contributed by atoms with E-state index < -0.39 is 11.9 Å². The molecule has 0 atom stereocenters. The molecule has 0 aliphatic carbocycles. The Morgan fingerprint density at radius 3 is 1.41 bits per heavy atom. The van der Waals surface area contributed by atoms with Gasteiger partial charge < -0.3 is 23.8 Å². The van der Waals surface area contributed by atoms with Crippen LogP contribution in [0.25, 0.3) is 0 Å². The Balaban J connectivity index is 1.51. The molecule has 0 saturated carbocycles. The Kier molecular flexibility index (Phi) is 11.6. The number of nitriles is 1. The standard InChI is InChI=1S/C35H30N2O6S/c1-3-34(38)42-23-21-40-30-13-7-27(8-14-30)37(28-9-15-31(16-10-28)41-22-24-43-35(39)4-2)29-11-19-33(20-12-29)44-32-17-5-26(25-36)6-18-32/h3-20H,1-2,21-24H2. The average Bonchev–Trinajstić information content (AvgIpc) is 3.07. The highest BCUT2D eigenvalue weighted by Crippen LogP contribution is 2.37. The van der Waals surface area contributed by atoms with E-state index in [0.29, 0.717) is 17.1 Å². The zero-order valence-corrected chi connectivity index (χ0v) is 24.7. The molecule has 0 unspecified atom stereocenters. The lowest BCUT2D eigenvalue weighted by Gasteiger charge is -2.26. The highest BCUT2D eigenvalue weighted by Gasteiger charge is 2.14. The van der Waals surface area contributed by atoms with Crippen LogP contribution in [0.5, 0.6) is 11.5 Å². The zero-order chi connectivity index (χ0) is 31.1. The minimum atomic E-state index is -0.492. The van der Waals surface area contributed by atoms with E-state index in [0.717, 1.165) is 39.0 Å². The minimum absolute atomic E-state index is 0.122. The summed E-state index contributed by atoms with van der Waals surface area (Å²) in [5.74, 6) is 0.291. The van der Waals surface area contributed by atoms with Gasteiger partial charge in [-0.15, -0.1) is 0 Å². The van der Waals surface area contributed by atoms with E-state index >= 15 is 0 Å². The van der Waals surface area contributed by atoms with Crippen LogP contribution in [-0.4, -0.2) is 38.4 Å². The molecule has 0 saturated heterocycles. The molecule has 222 valence electrons. The molecule has 0 aliphatic heterocycles. The highest BCUT2D eigenvalue weighted by molar-refractivity contribution is 7.99. The number of hydrogen-bond acceptors (Lipinski definition) is 9. The summed E-state index contributed by atoms with van der Waals surface area (Å²) in [6, 6.07) is 33.0. The van der Waals surface area contributed by atoms with Crippen molar-refractivity contribution < 1.29 is 28.5 Å². The molecule has 0 aliphatic rings. The fraction of sp³-hybridized carbons (Fsp3) is 0.114. The van der Waals surface area contributed by atoms with Gasteiger partial charge >= 0.3 is 11.9 Å². The van der Waals surface area contributed by atoms with Crippen molar-refractivity contribution in [3.8, 4) is 17.6 Å². The monoisotopic (exact) mass is 606 g/mol. The molecule has 8 nitrogen and oxygen atoms in total. The van der Waals surface area contributed by atoms with Crippen molar-refractivity contribution in [1.29, 1.82) is 5.26 Å². The molecule has 4 aromatic rings. The van der Waals surface area contributed by atoms with Crippen LogP contribution >= 0.6 is 11.8 Å². The van der Waals surface area contributed by atoms with Crippen LogP contribution in [0, 0.1) is 11.3 Å². The molecule has 4 aromatic carbocycles. The van der Waals surface area contributed by atoms with E-state index in [-0.39, 0.29) is 26.4 Å². The maximum atomic E-state index is 11.2. The normalized spacial score (nSPS) is 10.2. The van der Waals surface area contributed by atoms with Gasteiger partial charge in [0.05, 0.1) is 11.6 Å². The van der Waals surface area contributed by atoms with Crippen molar-refractivity contribution in [2.75, 3.05) is 31.3 Å². The Morgan fingerprint density at radius 2 is 1.02 bits per heavy atom. The predicted molar refractivity (Wildman–Crippen MR) is 170 cm³/mol. The quantitative estimate of drug-likeness (QED) is 0.0779. The Morgan fingerprint density at radius 1 is 0.636 bits per heavy atom. The van der Waals surface area contributed by atoms with Crippen molar-refractivity contribution in [1.82, 2.24) is 0 Å². The SMILES string of the molecule is C=CC(=O)OCCOc1ccc(N(c2ccc(OCCOC(=O)C=C)cc2)c2ccc(Sc3ccc(C#N)cc3)cc2)cc1. The van der Waals surface area contributed by atoms with Gasteiger partial charge in [0.15, 0.2) is 0 Å². The van der Waals surface area contributed by atoms with Crippen molar-refractivity contribution in [3.05, 3.63) is 128 Å². The number of anilines is 3. The summed E-state index contributed by atoms with van der Waals surface area (Å²) in [5.41, 5.74) is 3.35. The van der Waals surface area contributed by atoms with Crippen LogP contribution in [0.3, 0.4) is 0 Å². The lowest BCUT2D eigenvalue weighted by molar-refractivity contribution is -0.139. The lowest BCUT2D eigenvalue weighted by Crippen LogP contribution is -2.12. The maximum absolute atomic E-state index is 11.2. The van der Waals surface area contributed by atoms with Crippen LogP contribution in [-0.2, 0) is 19.1 Å². The second-order valence-corrected chi connectivity index (χ2v) is 10.1. The topological polar surface area (TPSA) is 98.1 Å². The van der Waals surface area contributed by atoms with E-state index in [1.807, 2.05) is 72.8 Å². The summed E-state index contributed by atoms with van der Waals surface area (Å²) in [7, 11) is 0. The van der Waals surface area contributed by atoms with Gasteiger partial charge in [-0.3, -0.25) is 0 Å². The Hall–Kier alpha value is -5.46. The molecule has 4 rings (SSSR count). The van der Waals surface area contributed by atoms with E-state index in [9.17, 15) is 9.59 Å². The number of nitrogens with zero attached hydrogens (tertiary/aromatic N) is 2. The third-order valence-corrected chi connectivity index (χ3v) is 7.05. The number of benzene rings is 4. The van der Waals surface area contributed by atoms with Gasteiger partial charge in [0.2, 0.25) is 0 Å². The molecule has 44 heavy (non-hydrogen) atoms. The molecule has 0 aromatic heterocycles. The van der Waals surface area contributed by atoms with Gasteiger partial charge in [0.1, 0.15) is 37.9 Å². The first-order valence-electron chi connectivity index (χ1n) is 13.6. The van der Waals surface area contributed by atoms with Crippen molar-refractivity contribution in [2.24, 2.45) is 0 Å². The van der Waals surface area contributed by atoms with Gasteiger partial charge in [-0.1, -0.05) is 24.9 Å². The molecule has 0 spiro atoms. The zero-order valence-electron chi connectivity index (χ0n) is 23.9. The van der Waals surface area contributed by atoms with Gasteiger partial charge in [-0.2, -0.15) is 5.26 Å². The van der Waals surface area contributed by atoms with Crippen LogP contribution in [0.2, 0.25) is 0 Å². The summed E-state index contributed by atoms with van der Waals surface area (Å²) >= 11 is 1.61. The van der Waals surface area contributed by atoms with Gasteiger partial charge in [0.25, 0.3) is 0 Å². The molecule has 0 N–H and O–H groups in total.